The van der Waals surface area contributed by atoms with Crippen molar-refractivity contribution in [2.45, 2.75) is 32.6 Å². The zero-order valence-electron chi connectivity index (χ0n) is 16.7. The SMILES string of the molecule is CCCCCCOc1cccc(NC(=S)NC(=O)c2ccc(C(=O)OC)cc2)c1. The van der Waals surface area contributed by atoms with Gasteiger partial charge in [0.2, 0.25) is 0 Å². The van der Waals surface area contributed by atoms with Crippen molar-refractivity contribution in [3.63, 3.8) is 0 Å². The van der Waals surface area contributed by atoms with Gasteiger partial charge in [-0.25, -0.2) is 4.79 Å². The molecule has 0 heterocycles. The molecule has 0 atom stereocenters. The van der Waals surface area contributed by atoms with Crippen LogP contribution in [0.5, 0.6) is 5.75 Å². The van der Waals surface area contributed by atoms with E-state index in [2.05, 4.69) is 22.3 Å². The minimum Gasteiger partial charge on any atom is -0.494 e. The fourth-order valence-corrected chi connectivity index (χ4v) is 2.81. The average molecular weight is 415 g/mol. The van der Waals surface area contributed by atoms with Gasteiger partial charge in [0, 0.05) is 17.3 Å². The molecule has 2 aromatic carbocycles. The largest absolute Gasteiger partial charge is 0.494 e. The zero-order valence-corrected chi connectivity index (χ0v) is 17.5. The van der Waals surface area contributed by atoms with Crippen LogP contribution in [0.25, 0.3) is 0 Å². The molecule has 0 fully saturated rings. The summed E-state index contributed by atoms with van der Waals surface area (Å²) in [6, 6.07) is 13.6. The van der Waals surface area contributed by atoms with Gasteiger partial charge in [-0.1, -0.05) is 32.3 Å². The van der Waals surface area contributed by atoms with Crippen LogP contribution >= 0.6 is 12.2 Å². The average Bonchev–Trinajstić information content (AvgIpc) is 2.73. The van der Waals surface area contributed by atoms with E-state index in [0.717, 1.165) is 24.3 Å². The number of unbranched alkanes of at least 4 members (excludes halogenated alkanes) is 3. The van der Waals surface area contributed by atoms with Crippen LogP contribution in [-0.4, -0.2) is 30.7 Å². The molecule has 0 spiro atoms. The maximum Gasteiger partial charge on any atom is 0.337 e. The Kier molecular flexibility index (Phi) is 9.11. The predicted molar refractivity (Wildman–Crippen MR) is 118 cm³/mol. The van der Waals surface area contributed by atoms with E-state index < -0.39 is 5.97 Å². The summed E-state index contributed by atoms with van der Waals surface area (Å²) in [5, 5.41) is 5.77. The van der Waals surface area contributed by atoms with Crippen molar-refractivity contribution in [2.75, 3.05) is 19.0 Å². The molecular weight excluding hydrogens is 388 g/mol. The summed E-state index contributed by atoms with van der Waals surface area (Å²) in [6.45, 7) is 2.85. The maximum atomic E-state index is 12.3. The highest BCUT2D eigenvalue weighted by Crippen LogP contribution is 2.18. The molecule has 7 heteroatoms. The standard InChI is InChI=1S/C22H26N2O4S/c1-3-4-5-6-14-28-19-9-7-8-18(15-19)23-22(29)24-20(25)16-10-12-17(13-11-16)21(26)27-2/h7-13,15H,3-6,14H2,1-2H3,(H2,23,24,25,29). The summed E-state index contributed by atoms with van der Waals surface area (Å²) in [5.41, 5.74) is 1.48. The number of ether oxygens (including phenoxy) is 2. The topological polar surface area (TPSA) is 76.7 Å². The van der Waals surface area contributed by atoms with E-state index in [1.807, 2.05) is 24.3 Å². The lowest BCUT2D eigenvalue weighted by Crippen LogP contribution is -2.34. The molecule has 0 radical (unpaired) electrons. The summed E-state index contributed by atoms with van der Waals surface area (Å²) in [7, 11) is 1.31. The minimum atomic E-state index is -0.457. The first kappa shape index (κ1) is 22.4. The van der Waals surface area contributed by atoms with E-state index in [1.165, 1.54) is 44.2 Å². The Balaban J connectivity index is 1.86. The van der Waals surface area contributed by atoms with Crippen LogP contribution in [-0.2, 0) is 4.74 Å². The van der Waals surface area contributed by atoms with Gasteiger partial charge >= 0.3 is 5.97 Å². The summed E-state index contributed by atoms with van der Waals surface area (Å²) in [6.07, 6.45) is 4.59. The molecule has 0 aliphatic rings. The minimum absolute atomic E-state index is 0.173. The number of rotatable bonds is 9. The fraction of sp³-hybridized carbons (Fsp3) is 0.318. The summed E-state index contributed by atoms with van der Waals surface area (Å²) in [4.78, 5) is 23.8. The molecule has 0 aliphatic heterocycles. The van der Waals surface area contributed by atoms with Crippen molar-refractivity contribution < 1.29 is 19.1 Å². The van der Waals surface area contributed by atoms with Crippen molar-refractivity contribution >= 4 is 34.9 Å². The Morgan fingerprint density at radius 1 is 1.00 bits per heavy atom. The first-order valence-corrected chi connectivity index (χ1v) is 9.98. The lowest BCUT2D eigenvalue weighted by atomic mass is 10.1. The van der Waals surface area contributed by atoms with Gasteiger partial charge in [0.15, 0.2) is 5.11 Å². The number of thiocarbonyl (C=S) groups is 1. The van der Waals surface area contributed by atoms with E-state index in [-0.39, 0.29) is 11.0 Å². The van der Waals surface area contributed by atoms with Crippen LogP contribution in [0, 0.1) is 0 Å². The van der Waals surface area contributed by atoms with E-state index in [1.54, 1.807) is 0 Å². The number of benzene rings is 2. The van der Waals surface area contributed by atoms with Gasteiger partial charge in [-0.3, -0.25) is 10.1 Å². The molecule has 6 nitrogen and oxygen atoms in total. The van der Waals surface area contributed by atoms with Crippen molar-refractivity contribution in [1.82, 2.24) is 5.32 Å². The predicted octanol–water partition coefficient (Wildman–Crippen LogP) is 4.56. The van der Waals surface area contributed by atoms with Crippen molar-refractivity contribution in [3.05, 3.63) is 59.7 Å². The van der Waals surface area contributed by atoms with Gasteiger partial charge in [-0.15, -0.1) is 0 Å². The third-order valence-corrected chi connectivity index (χ3v) is 4.36. The van der Waals surface area contributed by atoms with Gasteiger partial charge in [0.05, 0.1) is 19.3 Å². The Bertz CT molecular complexity index is 837. The molecule has 0 bridgehead atoms. The Hall–Kier alpha value is -2.93. The third kappa shape index (κ3) is 7.54. The molecule has 0 saturated heterocycles. The highest BCUT2D eigenvalue weighted by Gasteiger charge is 2.10. The number of esters is 1. The van der Waals surface area contributed by atoms with E-state index in [9.17, 15) is 9.59 Å². The van der Waals surface area contributed by atoms with Crippen LogP contribution < -0.4 is 15.4 Å². The lowest BCUT2D eigenvalue weighted by molar-refractivity contribution is 0.0600. The van der Waals surface area contributed by atoms with Gasteiger partial charge in [0.25, 0.3) is 5.91 Å². The van der Waals surface area contributed by atoms with Crippen LogP contribution in [0.15, 0.2) is 48.5 Å². The summed E-state index contributed by atoms with van der Waals surface area (Å²) in [5.74, 6) is -0.0807. The number of methoxy groups -OCH3 is 1. The molecule has 2 N–H and O–H groups in total. The van der Waals surface area contributed by atoms with Crippen LogP contribution in [0.3, 0.4) is 0 Å². The van der Waals surface area contributed by atoms with Gasteiger partial charge in [-0.2, -0.15) is 0 Å². The number of anilines is 1. The van der Waals surface area contributed by atoms with E-state index in [4.69, 9.17) is 17.0 Å². The number of hydrogen-bond donors (Lipinski definition) is 2. The molecule has 0 saturated carbocycles. The highest BCUT2D eigenvalue weighted by atomic mass is 32.1. The van der Waals surface area contributed by atoms with Crippen LogP contribution in [0.1, 0.15) is 53.3 Å². The van der Waals surface area contributed by atoms with Gasteiger partial charge in [-0.05, 0) is 55.0 Å². The molecule has 154 valence electrons. The van der Waals surface area contributed by atoms with Crippen molar-refractivity contribution in [1.29, 1.82) is 0 Å². The van der Waals surface area contributed by atoms with Gasteiger partial charge in [0.1, 0.15) is 5.75 Å². The molecule has 2 rings (SSSR count). The number of carbonyl (C=O) groups excluding carboxylic acids is 2. The van der Waals surface area contributed by atoms with Crippen molar-refractivity contribution in [2.24, 2.45) is 0 Å². The quantitative estimate of drug-likeness (QED) is 0.356. The molecule has 1 amide bonds. The zero-order chi connectivity index (χ0) is 21.1. The van der Waals surface area contributed by atoms with E-state index in [0.29, 0.717) is 17.7 Å². The second-order valence-electron chi connectivity index (χ2n) is 6.41. The van der Waals surface area contributed by atoms with Crippen molar-refractivity contribution in [3.8, 4) is 5.75 Å². The summed E-state index contributed by atoms with van der Waals surface area (Å²) < 4.78 is 10.4. The monoisotopic (exact) mass is 414 g/mol. The molecule has 2 aromatic rings. The van der Waals surface area contributed by atoms with Crippen LogP contribution in [0.4, 0.5) is 5.69 Å². The first-order chi connectivity index (χ1) is 14.0. The molecular formula is C22H26N2O4S. The third-order valence-electron chi connectivity index (χ3n) is 4.15. The fourth-order valence-electron chi connectivity index (χ4n) is 2.60. The Morgan fingerprint density at radius 2 is 1.72 bits per heavy atom. The lowest BCUT2D eigenvalue weighted by Gasteiger charge is -2.12. The first-order valence-electron chi connectivity index (χ1n) is 9.57. The second kappa shape index (κ2) is 11.8. The number of hydrogen-bond acceptors (Lipinski definition) is 5. The highest BCUT2D eigenvalue weighted by molar-refractivity contribution is 7.80. The van der Waals surface area contributed by atoms with Gasteiger partial charge < -0.3 is 14.8 Å². The molecule has 0 aromatic heterocycles. The molecule has 0 unspecified atom stereocenters. The van der Waals surface area contributed by atoms with E-state index >= 15 is 0 Å². The Labute approximate surface area is 176 Å². The number of amides is 1. The smallest absolute Gasteiger partial charge is 0.337 e. The summed E-state index contributed by atoms with van der Waals surface area (Å²) >= 11 is 5.22. The normalized spacial score (nSPS) is 10.1. The molecule has 29 heavy (non-hydrogen) atoms. The number of nitrogens with one attached hydrogen (secondary N) is 2. The second-order valence-corrected chi connectivity index (χ2v) is 6.82. The number of carbonyl (C=O) groups is 2. The van der Waals surface area contributed by atoms with Crippen LogP contribution in [0.2, 0.25) is 0 Å². The molecule has 0 aliphatic carbocycles. The Morgan fingerprint density at radius 3 is 2.41 bits per heavy atom. The maximum absolute atomic E-state index is 12.3.